The van der Waals surface area contributed by atoms with Gasteiger partial charge in [-0.3, -0.25) is 4.98 Å². The van der Waals surface area contributed by atoms with Crippen molar-refractivity contribution >= 4 is 0 Å². The molecular weight excluding hydrogens is 184 g/mol. The zero-order valence-electron chi connectivity index (χ0n) is 9.45. The summed E-state index contributed by atoms with van der Waals surface area (Å²) in [6.45, 7) is 2.10. The molecular formula is C13H20N2. The Labute approximate surface area is 91.9 Å². The maximum absolute atomic E-state index is 6.08. The normalized spacial score (nSPS) is 27.3. The van der Waals surface area contributed by atoms with E-state index in [2.05, 4.69) is 18.0 Å². The summed E-state index contributed by atoms with van der Waals surface area (Å²) in [7, 11) is 0. The zero-order chi connectivity index (χ0) is 10.7. The Kier molecular flexibility index (Phi) is 3.37. The molecule has 2 heteroatoms. The molecule has 0 spiro atoms. The fourth-order valence-corrected chi connectivity index (χ4v) is 2.50. The largest absolute Gasteiger partial charge is 0.328 e. The first-order valence-corrected chi connectivity index (χ1v) is 5.93. The fourth-order valence-electron chi connectivity index (χ4n) is 2.50. The average molecular weight is 204 g/mol. The maximum atomic E-state index is 6.08. The smallest absolute Gasteiger partial charge is 0.0302 e. The quantitative estimate of drug-likeness (QED) is 0.714. The number of pyridine rings is 1. The van der Waals surface area contributed by atoms with E-state index in [1.807, 2.05) is 12.4 Å². The van der Waals surface area contributed by atoms with E-state index in [0.717, 1.165) is 6.42 Å². The van der Waals surface area contributed by atoms with Crippen LogP contribution in [0.15, 0.2) is 18.5 Å². The van der Waals surface area contributed by atoms with Gasteiger partial charge in [0.05, 0.1) is 0 Å². The lowest BCUT2D eigenvalue weighted by atomic mass is 9.91. The molecule has 1 saturated carbocycles. The highest BCUT2D eigenvalue weighted by atomic mass is 14.6. The van der Waals surface area contributed by atoms with Crippen molar-refractivity contribution in [2.24, 2.45) is 5.73 Å². The summed E-state index contributed by atoms with van der Waals surface area (Å²) in [4.78, 5) is 4.27. The molecule has 1 fully saturated rings. The lowest BCUT2D eigenvalue weighted by Crippen LogP contribution is -2.20. The van der Waals surface area contributed by atoms with Crippen LogP contribution in [0.2, 0.25) is 0 Å². The second-order valence-corrected chi connectivity index (χ2v) is 4.77. The Morgan fingerprint density at radius 1 is 1.27 bits per heavy atom. The number of hydrogen-bond acceptors (Lipinski definition) is 2. The summed E-state index contributed by atoms with van der Waals surface area (Å²) in [5.74, 6) is 0.634. The van der Waals surface area contributed by atoms with Crippen molar-refractivity contribution in [2.45, 2.75) is 51.0 Å². The number of nitrogens with zero attached hydrogens (tertiary/aromatic N) is 1. The van der Waals surface area contributed by atoms with E-state index in [-0.39, 0.29) is 0 Å². The van der Waals surface area contributed by atoms with Gasteiger partial charge in [0.15, 0.2) is 0 Å². The molecule has 0 aliphatic heterocycles. The van der Waals surface area contributed by atoms with Gasteiger partial charge < -0.3 is 5.73 Å². The predicted octanol–water partition coefficient (Wildman–Crippen LogP) is 2.77. The van der Waals surface area contributed by atoms with E-state index in [0.29, 0.717) is 12.0 Å². The van der Waals surface area contributed by atoms with Crippen LogP contribution in [0.25, 0.3) is 0 Å². The van der Waals surface area contributed by atoms with Gasteiger partial charge in [0.1, 0.15) is 0 Å². The highest BCUT2D eigenvalue weighted by Crippen LogP contribution is 2.30. The van der Waals surface area contributed by atoms with Crippen LogP contribution in [0.1, 0.15) is 49.1 Å². The van der Waals surface area contributed by atoms with Gasteiger partial charge in [0.2, 0.25) is 0 Å². The van der Waals surface area contributed by atoms with Crippen LogP contribution in [0.3, 0.4) is 0 Å². The standard InChI is InChI=1S/C13H20N2/c1-10-6-12(9-15-8-10)11-4-2-3-5-13(14)7-11/h6,8-9,11,13H,2-5,7,14H2,1H3. The van der Waals surface area contributed by atoms with Crippen LogP contribution in [0.5, 0.6) is 0 Å². The first-order chi connectivity index (χ1) is 7.25. The number of aromatic nitrogens is 1. The highest BCUT2D eigenvalue weighted by molar-refractivity contribution is 5.21. The Bertz CT molecular complexity index is 322. The molecule has 2 nitrogen and oxygen atoms in total. The fraction of sp³-hybridized carbons (Fsp3) is 0.615. The molecule has 1 aromatic heterocycles. The zero-order valence-corrected chi connectivity index (χ0v) is 9.45. The Morgan fingerprint density at radius 3 is 2.87 bits per heavy atom. The molecule has 0 amide bonds. The molecule has 1 aliphatic rings. The Balaban J connectivity index is 2.14. The first kappa shape index (κ1) is 10.6. The van der Waals surface area contributed by atoms with Crippen molar-refractivity contribution in [3.8, 4) is 0 Å². The Hall–Kier alpha value is -0.890. The van der Waals surface area contributed by atoms with Gasteiger partial charge >= 0.3 is 0 Å². The second kappa shape index (κ2) is 4.75. The SMILES string of the molecule is Cc1cncc(C2CCCCC(N)C2)c1. The first-order valence-electron chi connectivity index (χ1n) is 5.93. The number of hydrogen-bond donors (Lipinski definition) is 1. The van der Waals surface area contributed by atoms with Crippen LogP contribution in [0, 0.1) is 6.92 Å². The van der Waals surface area contributed by atoms with Gasteiger partial charge in [0.25, 0.3) is 0 Å². The van der Waals surface area contributed by atoms with E-state index < -0.39 is 0 Å². The minimum absolute atomic E-state index is 0.387. The van der Waals surface area contributed by atoms with Crippen molar-refractivity contribution < 1.29 is 0 Å². The van der Waals surface area contributed by atoms with Gasteiger partial charge in [-0.2, -0.15) is 0 Å². The summed E-state index contributed by atoms with van der Waals surface area (Å²) in [6, 6.07) is 2.65. The third kappa shape index (κ3) is 2.78. The van der Waals surface area contributed by atoms with Gasteiger partial charge in [-0.15, -0.1) is 0 Å². The second-order valence-electron chi connectivity index (χ2n) is 4.77. The van der Waals surface area contributed by atoms with Crippen molar-refractivity contribution in [2.75, 3.05) is 0 Å². The predicted molar refractivity (Wildman–Crippen MR) is 62.8 cm³/mol. The third-order valence-corrected chi connectivity index (χ3v) is 3.33. The summed E-state index contributed by atoms with van der Waals surface area (Å²) in [5, 5.41) is 0. The molecule has 0 bridgehead atoms. The van der Waals surface area contributed by atoms with Gasteiger partial charge in [0, 0.05) is 18.4 Å². The summed E-state index contributed by atoms with van der Waals surface area (Å²) >= 11 is 0. The van der Waals surface area contributed by atoms with Crippen molar-refractivity contribution in [3.63, 3.8) is 0 Å². The van der Waals surface area contributed by atoms with Gasteiger partial charge in [-0.1, -0.05) is 18.9 Å². The van der Waals surface area contributed by atoms with E-state index in [1.54, 1.807) is 0 Å². The van der Waals surface area contributed by atoms with Gasteiger partial charge in [-0.25, -0.2) is 0 Å². The number of aryl methyl sites for hydroxylation is 1. The van der Waals surface area contributed by atoms with Crippen molar-refractivity contribution in [3.05, 3.63) is 29.6 Å². The topological polar surface area (TPSA) is 38.9 Å². The maximum Gasteiger partial charge on any atom is 0.0302 e. The van der Waals surface area contributed by atoms with Crippen LogP contribution in [-0.4, -0.2) is 11.0 Å². The molecule has 1 aliphatic carbocycles. The average Bonchev–Trinajstić information content (AvgIpc) is 2.43. The molecule has 1 heterocycles. The molecule has 0 aromatic carbocycles. The summed E-state index contributed by atoms with van der Waals surface area (Å²) < 4.78 is 0. The molecule has 2 rings (SSSR count). The van der Waals surface area contributed by atoms with E-state index in [4.69, 9.17) is 5.73 Å². The lowest BCUT2D eigenvalue weighted by Gasteiger charge is -2.17. The van der Waals surface area contributed by atoms with Crippen LogP contribution in [0.4, 0.5) is 0 Å². The minimum Gasteiger partial charge on any atom is -0.328 e. The van der Waals surface area contributed by atoms with Gasteiger partial charge in [-0.05, 0) is 43.2 Å². The molecule has 15 heavy (non-hydrogen) atoms. The third-order valence-electron chi connectivity index (χ3n) is 3.33. The molecule has 1 aromatic rings. The molecule has 0 saturated heterocycles. The van der Waals surface area contributed by atoms with Crippen LogP contribution in [-0.2, 0) is 0 Å². The highest BCUT2D eigenvalue weighted by Gasteiger charge is 2.19. The van der Waals surface area contributed by atoms with Crippen LogP contribution >= 0.6 is 0 Å². The molecule has 2 N–H and O–H groups in total. The number of rotatable bonds is 1. The minimum atomic E-state index is 0.387. The lowest BCUT2D eigenvalue weighted by molar-refractivity contribution is 0.534. The molecule has 0 radical (unpaired) electrons. The van der Waals surface area contributed by atoms with Crippen molar-refractivity contribution in [1.82, 2.24) is 4.98 Å². The summed E-state index contributed by atoms with van der Waals surface area (Å²) in [5.41, 5.74) is 8.72. The van der Waals surface area contributed by atoms with E-state index >= 15 is 0 Å². The van der Waals surface area contributed by atoms with E-state index in [9.17, 15) is 0 Å². The molecule has 2 unspecified atom stereocenters. The Morgan fingerprint density at radius 2 is 2.07 bits per heavy atom. The molecule has 82 valence electrons. The number of nitrogens with two attached hydrogens (primary N) is 1. The molecule has 2 atom stereocenters. The summed E-state index contributed by atoms with van der Waals surface area (Å²) in [6.07, 6.45) is 10.1. The van der Waals surface area contributed by atoms with Crippen molar-refractivity contribution in [1.29, 1.82) is 0 Å². The van der Waals surface area contributed by atoms with Crippen LogP contribution < -0.4 is 5.73 Å². The monoisotopic (exact) mass is 204 g/mol. The van der Waals surface area contributed by atoms with E-state index in [1.165, 1.54) is 36.8 Å².